The molecule has 0 aliphatic carbocycles. The molecule has 0 aliphatic heterocycles. The number of aromatic nitrogens is 1. The van der Waals surface area contributed by atoms with E-state index in [1.165, 1.54) is 19.3 Å². The van der Waals surface area contributed by atoms with Gasteiger partial charge in [0, 0.05) is 18.9 Å². The van der Waals surface area contributed by atoms with Crippen LogP contribution < -0.4 is 15.4 Å². The molecular weight excluding hydrogens is 261 g/mol. The Hall–Kier alpha value is -2.63. The first-order chi connectivity index (χ1) is 9.65. The van der Waals surface area contributed by atoms with Crippen LogP contribution in [-0.2, 0) is 0 Å². The summed E-state index contributed by atoms with van der Waals surface area (Å²) in [6.45, 7) is 0. The number of amides is 1. The Kier molecular flexibility index (Phi) is 4.14. The molecule has 0 spiro atoms. The molecular formula is C14H14FN3O2. The van der Waals surface area contributed by atoms with Crippen LogP contribution in [0.25, 0.3) is 0 Å². The van der Waals surface area contributed by atoms with Crippen molar-refractivity contribution in [2.45, 2.75) is 0 Å². The van der Waals surface area contributed by atoms with Crippen LogP contribution in [0.3, 0.4) is 0 Å². The van der Waals surface area contributed by atoms with Crippen LogP contribution in [0.4, 0.5) is 15.9 Å². The number of hydrogen-bond donors (Lipinski definition) is 2. The van der Waals surface area contributed by atoms with E-state index in [-0.39, 0.29) is 11.4 Å². The highest BCUT2D eigenvalue weighted by Crippen LogP contribution is 2.18. The molecule has 2 rings (SSSR count). The van der Waals surface area contributed by atoms with Crippen molar-refractivity contribution in [3.63, 3.8) is 0 Å². The van der Waals surface area contributed by atoms with Gasteiger partial charge in [-0.2, -0.15) is 0 Å². The number of hydrogen-bond acceptors (Lipinski definition) is 4. The summed E-state index contributed by atoms with van der Waals surface area (Å²) in [6, 6.07) is 8.09. The summed E-state index contributed by atoms with van der Waals surface area (Å²) in [5.41, 5.74) is 0.484. The lowest BCUT2D eigenvalue weighted by atomic mass is 10.2. The second-order valence-corrected chi connectivity index (χ2v) is 3.95. The van der Waals surface area contributed by atoms with E-state index in [1.807, 2.05) is 0 Å². The molecule has 1 amide bonds. The number of carbonyl (C=O) groups excluding carboxylic acids is 1. The van der Waals surface area contributed by atoms with Gasteiger partial charge < -0.3 is 15.4 Å². The van der Waals surface area contributed by atoms with Gasteiger partial charge in [0.25, 0.3) is 5.91 Å². The minimum absolute atomic E-state index is 0.0346. The standard InChI is InChI=1S/C14H14FN3O2/c1-16-13-12(15)11(7-8-17-13)14(19)18-9-3-5-10(20-2)6-4-9/h3-8H,1-2H3,(H,16,17)(H,18,19). The number of carbonyl (C=O) groups is 1. The minimum atomic E-state index is -0.680. The summed E-state index contributed by atoms with van der Waals surface area (Å²) in [4.78, 5) is 15.8. The van der Waals surface area contributed by atoms with Crippen LogP contribution in [0.15, 0.2) is 36.5 Å². The number of pyridine rings is 1. The maximum atomic E-state index is 13.9. The molecule has 5 nitrogen and oxygen atoms in total. The van der Waals surface area contributed by atoms with Crippen LogP contribution >= 0.6 is 0 Å². The summed E-state index contributed by atoms with van der Waals surface area (Å²) in [6.07, 6.45) is 1.37. The highest BCUT2D eigenvalue weighted by atomic mass is 19.1. The molecule has 1 aromatic heterocycles. The van der Waals surface area contributed by atoms with E-state index in [9.17, 15) is 9.18 Å². The van der Waals surface area contributed by atoms with Gasteiger partial charge in [-0.1, -0.05) is 0 Å². The van der Waals surface area contributed by atoms with Crippen LogP contribution in [0.1, 0.15) is 10.4 Å². The summed E-state index contributed by atoms with van der Waals surface area (Å²) in [5, 5.41) is 5.20. The summed E-state index contributed by atoms with van der Waals surface area (Å²) < 4.78 is 19.0. The van der Waals surface area contributed by atoms with Crippen LogP contribution in [0.2, 0.25) is 0 Å². The molecule has 0 saturated carbocycles. The van der Waals surface area contributed by atoms with Gasteiger partial charge in [0.15, 0.2) is 11.6 Å². The van der Waals surface area contributed by atoms with Crippen LogP contribution in [0, 0.1) is 5.82 Å². The number of ether oxygens (including phenoxy) is 1. The predicted octanol–water partition coefficient (Wildman–Crippen LogP) is 2.52. The van der Waals surface area contributed by atoms with Crippen molar-refractivity contribution in [3.8, 4) is 5.75 Å². The summed E-state index contributed by atoms with van der Waals surface area (Å²) >= 11 is 0. The number of nitrogens with zero attached hydrogens (tertiary/aromatic N) is 1. The number of anilines is 2. The van der Waals surface area contributed by atoms with Gasteiger partial charge >= 0.3 is 0 Å². The number of benzene rings is 1. The Bertz CT molecular complexity index is 614. The zero-order valence-corrected chi connectivity index (χ0v) is 11.1. The smallest absolute Gasteiger partial charge is 0.258 e. The lowest BCUT2D eigenvalue weighted by molar-refractivity contribution is 0.102. The number of halogens is 1. The van der Waals surface area contributed by atoms with E-state index in [2.05, 4.69) is 15.6 Å². The van der Waals surface area contributed by atoms with Gasteiger partial charge in [-0.05, 0) is 30.3 Å². The second kappa shape index (κ2) is 6.01. The first kappa shape index (κ1) is 13.8. The molecule has 0 saturated heterocycles. The summed E-state index contributed by atoms with van der Waals surface area (Å²) in [7, 11) is 3.09. The summed E-state index contributed by atoms with van der Waals surface area (Å²) in [5.74, 6) is -0.504. The molecule has 0 aliphatic rings. The SMILES string of the molecule is CNc1nccc(C(=O)Nc2ccc(OC)cc2)c1F. The largest absolute Gasteiger partial charge is 0.497 e. The Balaban J connectivity index is 2.19. The van der Waals surface area contributed by atoms with Crippen molar-refractivity contribution < 1.29 is 13.9 Å². The number of rotatable bonds is 4. The molecule has 2 aromatic rings. The molecule has 1 heterocycles. The van der Waals surface area contributed by atoms with E-state index in [0.717, 1.165) is 0 Å². The van der Waals surface area contributed by atoms with E-state index >= 15 is 0 Å². The van der Waals surface area contributed by atoms with Gasteiger partial charge in [-0.15, -0.1) is 0 Å². The fourth-order valence-electron chi connectivity index (χ4n) is 1.67. The molecule has 6 heteroatoms. The van der Waals surface area contributed by atoms with Gasteiger partial charge in [0.05, 0.1) is 12.7 Å². The second-order valence-electron chi connectivity index (χ2n) is 3.95. The molecule has 0 radical (unpaired) electrons. The Labute approximate surface area is 115 Å². The quantitative estimate of drug-likeness (QED) is 0.900. The average molecular weight is 275 g/mol. The number of methoxy groups -OCH3 is 1. The van der Waals surface area contributed by atoms with Crippen molar-refractivity contribution in [2.75, 3.05) is 24.8 Å². The molecule has 104 valence electrons. The molecule has 1 aromatic carbocycles. The Morgan fingerprint density at radius 3 is 2.55 bits per heavy atom. The zero-order chi connectivity index (χ0) is 14.5. The van der Waals surface area contributed by atoms with Gasteiger partial charge in [0.2, 0.25) is 0 Å². The third kappa shape index (κ3) is 2.85. The van der Waals surface area contributed by atoms with Crippen LogP contribution in [0.5, 0.6) is 5.75 Å². The van der Waals surface area contributed by atoms with Crippen molar-refractivity contribution in [2.24, 2.45) is 0 Å². The highest BCUT2D eigenvalue weighted by molar-refractivity contribution is 6.04. The monoisotopic (exact) mass is 275 g/mol. The average Bonchev–Trinajstić information content (AvgIpc) is 2.48. The third-order valence-corrected chi connectivity index (χ3v) is 2.72. The molecule has 0 atom stereocenters. The molecule has 2 N–H and O–H groups in total. The van der Waals surface area contributed by atoms with E-state index in [1.54, 1.807) is 31.4 Å². The first-order valence-corrected chi connectivity index (χ1v) is 5.93. The Morgan fingerprint density at radius 2 is 1.95 bits per heavy atom. The van der Waals surface area contributed by atoms with E-state index < -0.39 is 11.7 Å². The lowest BCUT2D eigenvalue weighted by Gasteiger charge is -2.08. The molecule has 0 fully saturated rings. The van der Waals surface area contributed by atoms with Gasteiger partial charge in [0.1, 0.15) is 5.75 Å². The zero-order valence-electron chi connectivity index (χ0n) is 11.1. The molecule has 20 heavy (non-hydrogen) atoms. The van der Waals surface area contributed by atoms with Crippen molar-refractivity contribution >= 4 is 17.4 Å². The van der Waals surface area contributed by atoms with Gasteiger partial charge in [-0.25, -0.2) is 9.37 Å². The van der Waals surface area contributed by atoms with Crippen molar-refractivity contribution in [1.29, 1.82) is 0 Å². The first-order valence-electron chi connectivity index (χ1n) is 5.93. The third-order valence-electron chi connectivity index (χ3n) is 2.72. The molecule has 0 bridgehead atoms. The maximum Gasteiger partial charge on any atom is 0.258 e. The maximum absolute atomic E-state index is 13.9. The highest BCUT2D eigenvalue weighted by Gasteiger charge is 2.15. The topological polar surface area (TPSA) is 63.2 Å². The van der Waals surface area contributed by atoms with Crippen LogP contribution in [-0.4, -0.2) is 25.0 Å². The van der Waals surface area contributed by atoms with E-state index in [0.29, 0.717) is 11.4 Å². The van der Waals surface area contributed by atoms with Crippen molar-refractivity contribution in [3.05, 3.63) is 47.9 Å². The normalized spacial score (nSPS) is 9.95. The van der Waals surface area contributed by atoms with E-state index in [4.69, 9.17) is 4.74 Å². The fourth-order valence-corrected chi connectivity index (χ4v) is 1.67. The number of nitrogens with one attached hydrogen (secondary N) is 2. The van der Waals surface area contributed by atoms with Gasteiger partial charge in [-0.3, -0.25) is 4.79 Å². The Morgan fingerprint density at radius 1 is 1.25 bits per heavy atom. The molecule has 0 unspecified atom stereocenters. The van der Waals surface area contributed by atoms with Crippen molar-refractivity contribution in [1.82, 2.24) is 4.98 Å². The minimum Gasteiger partial charge on any atom is -0.497 e. The lowest BCUT2D eigenvalue weighted by Crippen LogP contribution is -2.15. The predicted molar refractivity (Wildman–Crippen MR) is 74.7 cm³/mol. The fraction of sp³-hybridized carbons (Fsp3) is 0.143.